The number of carbonyl (C=O) groups is 1. The molecule has 5 heteroatoms. The first kappa shape index (κ1) is 14.8. The maximum absolute atomic E-state index is 12.4. The molecule has 1 heterocycles. The number of aromatic nitrogens is 2. The molecule has 0 aliphatic heterocycles. The molecular formula is C15H24N4O. The van der Waals surface area contributed by atoms with Gasteiger partial charge in [0, 0.05) is 20.1 Å². The number of rotatable bonds is 4. The van der Waals surface area contributed by atoms with Crippen molar-refractivity contribution in [2.75, 3.05) is 19.4 Å². The molecule has 1 aromatic rings. The highest BCUT2D eigenvalue weighted by molar-refractivity contribution is 5.92. The first-order valence-corrected chi connectivity index (χ1v) is 7.42. The van der Waals surface area contributed by atoms with Crippen molar-refractivity contribution in [2.45, 2.75) is 45.1 Å². The standard InChI is InChI=1S/C15H24N4O/c1-4-11-5-7-12(8-6-11)19(3)15(20)13-9-18-14(16-2)10-17-13/h9-12H,4-8H2,1-3H3,(H,16,18). The van der Waals surface area contributed by atoms with E-state index >= 15 is 0 Å². The van der Waals surface area contributed by atoms with Crippen LogP contribution < -0.4 is 5.32 Å². The van der Waals surface area contributed by atoms with Crippen LogP contribution in [-0.4, -0.2) is 40.9 Å². The molecule has 20 heavy (non-hydrogen) atoms. The summed E-state index contributed by atoms with van der Waals surface area (Å²) in [4.78, 5) is 22.6. The number of nitrogens with one attached hydrogen (secondary N) is 1. The monoisotopic (exact) mass is 276 g/mol. The summed E-state index contributed by atoms with van der Waals surface area (Å²) in [6.07, 6.45) is 9.04. The zero-order chi connectivity index (χ0) is 14.5. The zero-order valence-corrected chi connectivity index (χ0v) is 12.6. The third kappa shape index (κ3) is 3.26. The van der Waals surface area contributed by atoms with Crippen LogP contribution in [0.2, 0.25) is 0 Å². The van der Waals surface area contributed by atoms with Crippen molar-refractivity contribution in [3.05, 3.63) is 18.1 Å². The average molecular weight is 276 g/mol. The normalized spacial score (nSPS) is 22.4. The van der Waals surface area contributed by atoms with E-state index in [1.807, 2.05) is 11.9 Å². The van der Waals surface area contributed by atoms with E-state index in [1.165, 1.54) is 19.3 Å². The van der Waals surface area contributed by atoms with Gasteiger partial charge in [-0.15, -0.1) is 0 Å². The zero-order valence-electron chi connectivity index (χ0n) is 12.6. The molecule has 1 fully saturated rings. The molecule has 1 aliphatic carbocycles. The van der Waals surface area contributed by atoms with Crippen molar-refractivity contribution in [3.8, 4) is 0 Å². The molecule has 0 bridgehead atoms. The maximum atomic E-state index is 12.4. The van der Waals surface area contributed by atoms with Crippen LogP contribution in [0.25, 0.3) is 0 Å². The van der Waals surface area contributed by atoms with Crippen molar-refractivity contribution in [2.24, 2.45) is 5.92 Å². The average Bonchev–Trinajstić information content (AvgIpc) is 2.53. The highest BCUT2D eigenvalue weighted by Crippen LogP contribution is 2.29. The van der Waals surface area contributed by atoms with E-state index in [0.29, 0.717) is 17.6 Å². The van der Waals surface area contributed by atoms with Gasteiger partial charge in [0.25, 0.3) is 5.91 Å². The molecule has 0 aromatic carbocycles. The largest absolute Gasteiger partial charge is 0.372 e. The fourth-order valence-electron chi connectivity index (χ4n) is 2.85. The molecule has 1 aliphatic rings. The lowest BCUT2D eigenvalue weighted by Gasteiger charge is -2.34. The molecule has 0 unspecified atom stereocenters. The molecule has 2 rings (SSSR count). The predicted octanol–water partition coefficient (Wildman–Crippen LogP) is 2.56. The molecule has 5 nitrogen and oxygen atoms in total. The second kappa shape index (κ2) is 6.68. The van der Waals surface area contributed by atoms with Crippen LogP contribution in [0.4, 0.5) is 5.82 Å². The summed E-state index contributed by atoms with van der Waals surface area (Å²) in [7, 11) is 3.66. The highest BCUT2D eigenvalue weighted by atomic mass is 16.2. The van der Waals surface area contributed by atoms with Crippen LogP contribution >= 0.6 is 0 Å². The summed E-state index contributed by atoms with van der Waals surface area (Å²) in [6, 6.07) is 0.344. The first-order valence-electron chi connectivity index (χ1n) is 7.42. The summed E-state index contributed by atoms with van der Waals surface area (Å²) in [5.74, 6) is 1.48. The van der Waals surface area contributed by atoms with E-state index in [0.717, 1.165) is 18.8 Å². The maximum Gasteiger partial charge on any atom is 0.274 e. The number of nitrogens with zero attached hydrogens (tertiary/aromatic N) is 3. The molecule has 0 saturated heterocycles. The number of anilines is 1. The Morgan fingerprint density at radius 1 is 1.30 bits per heavy atom. The van der Waals surface area contributed by atoms with Crippen LogP contribution in [0, 0.1) is 5.92 Å². The van der Waals surface area contributed by atoms with Crippen molar-refractivity contribution >= 4 is 11.7 Å². The van der Waals surface area contributed by atoms with E-state index in [1.54, 1.807) is 19.4 Å². The van der Waals surface area contributed by atoms with Crippen molar-refractivity contribution < 1.29 is 4.79 Å². The van der Waals surface area contributed by atoms with E-state index in [9.17, 15) is 4.79 Å². The first-order chi connectivity index (χ1) is 9.65. The van der Waals surface area contributed by atoms with E-state index < -0.39 is 0 Å². The summed E-state index contributed by atoms with van der Waals surface area (Å²) in [5.41, 5.74) is 0.420. The second-order valence-electron chi connectivity index (χ2n) is 5.54. The van der Waals surface area contributed by atoms with Gasteiger partial charge in [0.15, 0.2) is 0 Å². The number of hydrogen-bond donors (Lipinski definition) is 1. The topological polar surface area (TPSA) is 58.1 Å². The van der Waals surface area contributed by atoms with Gasteiger partial charge in [-0.2, -0.15) is 0 Å². The minimum absolute atomic E-state index is 0.0277. The number of hydrogen-bond acceptors (Lipinski definition) is 4. The molecule has 1 amide bonds. The smallest absolute Gasteiger partial charge is 0.274 e. The second-order valence-corrected chi connectivity index (χ2v) is 5.54. The van der Waals surface area contributed by atoms with Crippen molar-refractivity contribution in [1.82, 2.24) is 14.9 Å². The molecule has 1 saturated carbocycles. The Morgan fingerprint density at radius 2 is 2.00 bits per heavy atom. The lowest BCUT2D eigenvalue weighted by molar-refractivity contribution is 0.0668. The van der Waals surface area contributed by atoms with Gasteiger partial charge < -0.3 is 10.2 Å². The highest BCUT2D eigenvalue weighted by Gasteiger charge is 2.26. The van der Waals surface area contributed by atoms with E-state index in [2.05, 4.69) is 22.2 Å². The van der Waals surface area contributed by atoms with Gasteiger partial charge in [-0.25, -0.2) is 9.97 Å². The fourth-order valence-corrected chi connectivity index (χ4v) is 2.85. The van der Waals surface area contributed by atoms with Crippen LogP contribution in [0.3, 0.4) is 0 Å². The van der Waals surface area contributed by atoms with Gasteiger partial charge in [0.1, 0.15) is 11.5 Å². The summed E-state index contributed by atoms with van der Waals surface area (Å²) in [6.45, 7) is 2.25. The third-order valence-electron chi connectivity index (χ3n) is 4.39. The van der Waals surface area contributed by atoms with Gasteiger partial charge in [0.2, 0.25) is 0 Å². The number of carbonyl (C=O) groups excluding carboxylic acids is 1. The Morgan fingerprint density at radius 3 is 2.50 bits per heavy atom. The van der Waals surface area contributed by atoms with Gasteiger partial charge in [-0.3, -0.25) is 4.79 Å². The Hall–Kier alpha value is -1.65. The van der Waals surface area contributed by atoms with E-state index in [-0.39, 0.29) is 5.91 Å². The fraction of sp³-hybridized carbons (Fsp3) is 0.667. The molecule has 1 aromatic heterocycles. The lowest BCUT2D eigenvalue weighted by Crippen LogP contribution is -2.39. The van der Waals surface area contributed by atoms with E-state index in [4.69, 9.17) is 0 Å². The molecule has 0 radical (unpaired) electrons. The molecule has 110 valence electrons. The van der Waals surface area contributed by atoms with Gasteiger partial charge in [-0.1, -0.05) is 13.3 Å². The van der Waals surface area contributed by atoms with Crippen LogP contribution in [0.1, 0.15) is 49.5 Å². The van der Waals surface area contributed by atoms with Gasteiger partial charge >= 0.3 is 0 Å². The van der Waals surface area contributed by atoms with Crippen LogP contribution in [0.15, 0.2) is 12.4 Å². The molecule has 1 N–H and O–H groups in total. The Bertz CT molecular complexity index is 438. The van der Waals surface area contributed by atoms with Crippen LogP contribution in [0.5, 0.6) is 0 Å². The molecular weight excluding hydrogens is 252 g/mol. The SMILES string of the molecule is CCC1CCC(N(C)C(=O)c2cnc(NC)cn2)CC1. The summed E-state index contributed by atoms with van der Waals surface area (Å²) in [5, 5.41) is 2.90. The Balaban J connectivity index is 1.97. The molecule has 0 spiro atoms. The predicted molar refractivity (Wildman–Crippen MR) is 79.7 cm³/mol. The Labute approximate surface area is 120 Å². The quantitative estimate of drug-likeness (QED) is 0.918. The molecule has 0 atom stereocenters. The van der Waals surface area contributed by atoms with Crippen LogP contribution in [-0.2, 0) is 0 Å². The van der Waals surface area contributed by atoms with Gasteiger partial charge in [0.05, 0.1) is 12.4 Å². The summed E-state index contributed by atoms with van der Waals surface area (Å²) >= 11 is 0. The lowest BCUT2D eigenvalue weighted by atomic mass is 9.84. The minimum Gasteiger partial charge on any atom is -0.372 e. The third-order valence-corrected chi connectivity index (χ3v) is 4.39. The van der Waals surface area contributed by atoms with Gasteiger partial charge in [-0.05, 0) is 31.6 Å². The van der Waals surface area contributed by atoms with Crippen molar-refractivity contribution in [3.63, 3.8) is 0 Å². The Kier molecular flexibility index (Phi) is 4.93. The minimum atomic E-state index is -0.0277. The summed E-state index contributed by atoms with van der Waals surface area (Å²) < 4.78 is 0. The van der Waals surface area contributed by atoms with Crippen molar-refractivity contribution in [1.29, 1.82) is 0 Å². The number of amides is 1.